The molecular weight excluding hydrogens is 448 g/mol. The molecule has 0 heterocycles. The van der Waals surface area contributed by atoms with Crippen molar-refractivity contribution in [2.24, 2.45) is 11.8 Å². The highest BCUT2D eigenvalue weighted by Crippen LogP contribution is 2.31. The van der Waals surface area contributed by atoms with Crippen molar-refractivity contribution in [1.29, 1.82) is 0 Å². The van der Waals surface area contributed by atoms with Crippen molar-refractivity contribution >= 4 is 53.5 Å². The quantitative estimate of drug-likeness (QED) is 0.500. The lowest BCUT2D eigenvalue weighted by Crippen LogP contribution is -2.10. The number of rotatable bonds is 8. The molecule has 126 valence electrons. The Morgan fingerprint density at radius 1 is 0.864 bits per heavy atom. The lowest BCUT2D eigenvalue weighted by Gasteiger charge is -2.14. The van der Waals surface area contributed by atoms with Crippen molar-refractivity contribution in [2.75, 3.05) is 11.5 Å². The van der Waals surface area contributed by atoms with Crippen LogP contribution in [0.5, 0.6) is 0 Å². The summed E-state index contributed by atoms with van der Waals surface area (Å²) in [5, 5.41) is 0. The molecule has 0 fully saturated rings. The number of hydrogen-bond acceptors (Lipinski definition) is 2. The van der Waals surface area contributed by atoms with Crippen LogP contribution in [0.2, 0.25) is 0 Å². The molecular formula is C16H24Br2O2S2. The van der Waals surface area contributed by atoms with E-state index in [-0.39, 0.29) is 0 Å². The van der Waals surface area contributed by atoms with Crippen LogP contribution in [0.25, 0.3) is 0 Å². The molecule has 1 rings (SSSR count). The van der Waals surface area contributed by atoms with E-state index in [0.29, 0.717) is 23.3 Å². The fourth-order valence-corrected chi connectivity index (χ4v) is 6.86. The summed E-state index contributed by atoms with van der Waals surface area (Å²) in [5.41, 5.74) is 0. The summed E-state index contributed by atoms with van der Waals surface area (Å²) in [7, 11) is -2.15. The predicted molar refractivity (Wildman–Crippen MR) is 103 cm³/mol. The van der Waals surface area contributed by atoms with Gasteiger partial charge in [-0.3, -0.25) is 8.42 Å². The third-order valence-electron chi connectivity index (χ3n) is 3.74. The van der Waals surface area contributed by atoms with Gasteiger partial charge in [0.1, 0.15) is 0 Å². The minimum absolute atomic E-state index is 0.408. The molecule has 1 aromatic carbocycles. The van der Waals surface area contributed by atoms with Gasteiger partial charge in [-0.1, -0.05) is 40.5 Å². The maximum atomic E-state index is 12.6. The maximum absolute atomic E-state index is 12.6. The summed E-state index contributed by atoms with van der Waals surface area (Å²) >= 11 is 6.97. The van der Waals surface area contributed by atoms with E-state index in [9.17, 15) is 8.42 Å². The van der Waals surface area contributed by atoms with Crippen LogP contribution in [0.1, 0.15) is 40.5 Å². The molecule has 0 bridgehead atoms. The third-order valence-corrected chi connectivity index (χ3v) is 8.98. The maximum Gasteiger partial charge on any atom is 0.0544 e. The van der Waals surface area contributed by atoms with Gasteiger partial charge in [0, 0.05) is 20.5 Å². The van der Waals surface area contributed by atoms with E-state index in [1.54, 1.807) is 0 Å². The van der Waals surface area contributed by atoms with Crippen LogP contribution in [-0.4, -0.2) is 19.9 Å². The molecule has 4 atom stereocenters. The molecule has 0 amide bonds. The third kappa shape index (κ3) is 5.84. The Hall–Kier alpha value is 0.480. The van der Waals surface area contributed by atoms with Gasteiger partial charge in [-0.2, -0.15) is 0 Å². The molecule has 0 aliphatic heterocycles. The van der Waals surface area contributed by atoms with E-state index in [2.05, 4.69) is 59.6 Å². The highest BCUT2D eigenvalue weighted by Gasteiger charge is 2.18. The van der Waals surface area contributed by atoms with Crippen molar-refractivity contribution in [3.8, 4) is 0 Å². The van der Waals surface area contributed by atoms with E-state index in [0.717, 1.165) is 31.6 Å². The minimum Gasteiger partial charge on any atom is -0.254 e. The SMILES string of the molecule is CC[C@H](C)CS(=O)c1cc(S(=O)C[C@@H](C)CC)c(Br)cc1Br. The fourth-order valence-electron chi connectivity index (χ4n) is 1.79. The van der Waals surface area contributed by atoms with Crippen LogP contribution in [0.3, 0.4) is 0 Å². The van der Waals surface area contributed by atoms with Gasteiger partial charge in [-0.05, 0) is 55.8 Å². The summed E-state index contributed by atoms with van der Waals surface area (Å²) in [6.45, 7) is 8.41. The van der Waals surface area contributed by atoms with Gasteiger partial charge in [-0.25, -0.2) is 0 Å². The summed E-state index contributed by atoms with van der Waals surface area (Å²) < 4.78 is 26.8. The summed E-state index contributed by atoms with van der Waals surface area (Å²) in [5.74, 6) is 2.08. The van der Waals surface area contributed by atoms with Gasteiger partial charge in [0.2, 0.25) is 0 Å². The average Bonchev–Trinajstić information content (AvgIpc) is 2.46. The first kappa shape index (κ1) is 20.5. The fraction of sp³-hybridized carbons (Fsp3) is 0.625. The first-order valence-electron chi connectivity index (χ1n) is 7.55. The largest absolute Gasteiger partial charge is 0.254 e. The second kappa shape index (κ2) is 9.70. The Balaban J connectivity index is 3.08. The molecule has 2 unspecified atom stereocenters. The van der Waals surface area contributed by atoms with E-state index >= 15 is 0 Å². The molecule has 0 aliphatic carbocycles. The molecule has 6 heteroatoms. The Kier molecular flexibility index (Phi) is 9.05. The van der Waals surface area contributed by atoms with Crippen molar-refractivity contribution in [3.05, 3.63) is 21.1 Å². The van der Waals surface area contributed by atoms with Gasteiger partial charge in [0.05, 0.1) is 31.4 Å². The first-order valence-corrected chi connectivity index (χ1v) is 11.8. The van der Waals surface area contributed by atoms with Crippen molar-refractivity contribution in [1.82, 2.24) is 0 Å². The second-order valence-electron chi connectivity index (χ2n) is 5.76. The van der Waals surface area contributed by atoms with Gasteiger partial charge < -0.3 is 0 Å². The monoisotopic (exact) mass is 470 g/mol. The molecule has 0 spiro atoms. The minimum atomic E-state index is -1.08. The van der Waals surface area contributed by atoms with Gasteiger partial charge >= 0.3 is 0 Å². The van der Waals surface area contributed by atoms with Gasteiger partial charge in [-0.15, -0.1) is 0 Å². The van der Waals surface area contributed by atoms with Gasteiger partial charge in [0.15, 0.2) is 0 Å². The summed E-state index contributed by atoms with van der Waals surface area (Å²) in [4.78, 5) is 1.49. The number of benzene rings is 1. The molecule has 0 N–H and O–H groups in total. The van der Waals surface area contributed by atoms with Crippen LogP contribution in [-0.2, 0) is 21.6 Å². The Morgan fingerprint density at radius 3 is 1.55 bits per heavy atom. The van der Waals surface area contributed by atoms with Gasteiger partial charge in [0.25, 0.3) is 0 Å². The van der Waals surface area contributed by atoms with Crippen molar-refractivity contribution in [3.63, 3.8) is 0 Å². The first-order chi connectivity index (χ1) is 10.3. The highest BCUT2D eigenvalue weighted by molar-refractivity contribution is 9.11. The van der Waals surface area contributed by atoms with E-state index in [4.69, 9.17) is 0 Å². The van der Waals surface area contributed by atoms with Crippen molar-refractivity contribution < 1.29 is 8.42 Å². The van der Waals surface area contributed by atoms with Crippen molar-refractivity contribution in [2.45, 2.75) is 50.3 Å². The number of hydrogen-bond donors (Lipinski definition) is 0. The molecule has 0 radical (unpaired) electrons. The summed E-state index contributed by atoms with van der Waals surface area (Å²) in [6, 6.07) is 3.71. The predicted octanol–water partition coefficient (Wildman–Crippen LogP) is 5.52. The molecule has 0 aliphatic rings. The van der Waals surface area contributed by atoms with E-state index in [1.807, 2.05) is 12.1 Å². The normalized spacial score (nSPS) is 17.0. The van der Waals surface area contributed by atoms with Crippen LogP contribution in [0.4, 0.5) is 0 Å². The number of halogens is 2. The molecule has 0 aromatic heterocycles. The Morgan fingerprint density at radius 2 is 1.23 bits per heavy atom. The standard InChI is InChI=1S/C16H24Br2O2S2/c1-5-11(3)9-21(19)15-8-16(14(18)7-13(15)17)22(20)10-12(4)6-2/h7-8,11-12H,5-6,9-10H2,1-4H3/t11-,12-,21?,22?/m0/s1. The molecule has 0 saturated heterocycles. The zero-order valence-corrected chi connectivity index (χ0v) is 18.3. The smallest absolute Gasteiger partial charge is 0.0544 e. The zero-order chi connectivity index (χ0) is 16.9. The lowest BCUT2D eigenvalue weighted by molar-refractivity contribution is 0.614. The Labute approximate surface area is 156 Å². The van der Waals surface area contributed by atoms with Crippen LogP contribution in [0.15, 0.2) is 30.9 Å². The zero-order valence-electron chi connectivity index (χ0n) is 13.5. The summed E-state index contributed by atoms with van der Waals surface area (Å²) in [6.07, 6.45) is 2.01. The second-order valence-corrected chi connectivity index (χ2v) is 10.4. The van der Waals surface area contributed by atoms with Crippen LogP contribution < -0.4 is 0 Å². The molecule has 22 heavy (non-hydrogen) atoms. The topological polar surface area (TPSA) is 34.1 Å². The average molecular weight is 472 g/mol. The van der Waals surface area contributed by atoms with E-state index in [1.165, 1.54) is 0 Å². The van der Waals surface area contributed by atoms with Crippen LogP contribution >= 0.6 is 31.9 Å². The Bertz CT molecular complexity index is 516. The lowest BCUT2D eigenvalue weighted by atomic mass is 10.2. The van der Waals surface area contributed by atoms with Crippen LogP contribution in [0, 0.1) is 11.8 Å². The molecule has 1 aromatic rings. The highest BCUT2D eigenvalue weighted by atomic mass is 79.9. The molecule has 0 saturated carbocycles. The van der Waals surface area contributed by atoms with E-state index < -0.39 is 21.6 Å². The molecule has 2 nitrogen and oxygen atoms in total.